The van der Waals surface area contributed by atoms with Crippen molar-refractivity contribution >= 4 is 5.95 Å². The molecule has 2 aromatic rings. The number of pyridine rings is 1. The fourth-order valence-corrected chi connectivity index (χ4v) is 3.90. The zero-order valence-corrected chi connectivity index (χ0v) is 14.8. The number of fused-ring (bicyclic) bond motifs is 1. The molecule has 7 heteroatoms. The van der Waals surface area contributed by atoms with Crippen molar-refractivity contribution < 1.29 is 13.9 Å². The van der Waals surface area contributed by atoms with Gasteiger partial charge < -0.3 is 14.4 Å². The maximum absolute atomic E-state index is 13.1. The van der Waals surface area contributed by atoms with E-state index in [2.05, 4.69) is 19.9 Å². The van der Waals surface area contributed by atoms with Crippen molar-refractivity contribution in [3.05, 3.63) is 47.8 Å². The van der Waals surface area contributed by atoms with Crippen LogP contribution in [0.3, 0.4) is 0 Å². The van der Waals surface area contributed by atoms with E-state index >= 15 is 0 Å². The SMILES string of the molecule is Cc1cccc(COCC2CC3OCCN(c4ncc(F)cn4)C3C2)n1. The van der Waals surface area contributed by atoms with Gasteiger partial charge in [-0.3, -0.25) is 4.98 Å². The minimum absolute atomic E-state index is 0.156. The largest absolute Gasteiger partial charge is 0.375 e. The Hall–Kier alpha value is -2.12. The molecule has 2 aliphatic rings. The van der Waals surface area contributed by atoms with E-state index in [1.54, 1.807) is 0 Å². The molecule has 0 amide bonds. The molecule has 1 aliphatic carbocycles. The van der Waals surface area contributed by atoms with E-state index in [1.165, 1.54) is 12.4 Å². The molecule has 0 spiro atoms. The molecule has 0 aromatic carbocycles. The molecular formula is C19H23FN4O2. The first-order valence-corrected chi connectivity index (χ1v) is 9.05. The van der Waals surface area contributed by atoms with E-state index in [0.717, 1.165) is 30.8 Å². The van der Waals surface area contributed by atoms with Gasteiger partial charge in [-0.2, -0.15) is 0 Å². The number of hydrogen-bond acceptors (Lipinski definition) is 6. The van der Waals surface area contributed by atoms with Crippen LogP contribution in [0.1, 0.15) is 24.2 Å². The third-order valence-electron chi connectivity index (χ3n) is 5.05. The molecule has 3 heterocycles. The molecule has 3 atom stereocenters. The average molecular weight is 358 g/mol. The topological polar surface area (TPSA) is 60.4 Å². The summed E-state index contributed by atoms with van der Waals surface area (Å²) in [6, 6.07) is 6.19. The van der Waals surface area contributed by atoms with Crippen LogP contribution in [0.4, 0.5) is 10.3 Å². The van der Waals surface area contributed by atoms with Gasteiger partial charge in [-0.15, -0.1) is 0 Å². The van der Waals surface area contributed by atoms with Crippen molar-refractivity contribution in [2.75, 3.05) is 24.7 Å². The molecule has 1 saturated heterocycles. The van der Waals surface area contributed by atoms with E-state index in [9.17, 15) is 4.39 Å². The van der Waals surface area contributed by atoms with E-state index in [-0.39, 0.29) is 12.1 Å². The molecule has 2 aromatic heterocycles. The van der Waals surface area contributed by atoms with Crippen LogP contribution in [-0.2, 0) is 16.1 Å². The first kappa shape index (κ1) is 17.3. The number of rotatable bonds is 5. The number of aryl methyl sites for hydroxylation is 1. The molecule has 26 heavy (non-hydrogen) atoms. The third-order valence-corrected chi connectivity index (χ3v) is 5.05. The Morgan fingerprint density at radius 2 is 2.12 bits per heavy atom. The van der Waals surface area contributed by atoms with Crippen LogP contribution in [0.5, 0.6) is 0 Å². The van der Waals surface area contributed by atoms with Crippen molar-refractivity contribution in [1.82, 2.24) is 15.0 Å². The van der Waals surface area contributed by atoms with Crippen molar-refractivity contribution in [3.8, 4) is 0 Å². The van der Waals surface area contributed by atoms with Gasteiger partial charge in [-0.1, -0.05) is 6.07 Å². The van der Waals surface area contributed by atoms with Crippen LogP contribution in [0.2, 0.25) is 0 Å². The van der Waals surface area contributed by atoms with Gasteiger partial charge in [-0.05, 0) is 37.8 Å². The molecule has 1 saturated carbocycles. The van der Waals surface area contributed by atoms with Crippen molar-refractivity contribution in [1.29, 1.82) is 0 Å². The molecule has 138 valence electrons. The van der Waals surface area contributed by atoms with Crippen molar-refractivity contribution in [3.63, 3.8) is 0 Å². The summed E-state index contributed by atoms with van der Waals surface area (Å²) in [6.45, 7) is 4.56. The molecule has 0 N–H and O–H groups in total. The van der Waals surface area contributed by atoms with Crippen LogP contribution in [0.15, 0.2) is 30.6 Å². The zero-order valence-electron chi connectivity index (χ0n) is 14.8. The highest BCUT2D eigenvalue weighted by Gasteiger charge is 2.42. The van der Waals surface area contributed by atoms with E-state index < -0.39 is 5.82 Å². The van der Waals surface area contributed by atoms with Gasteiger partial charge in [0, 0.05) is 12.2 Å². The quantitative estimate of drug-likeness (QED) is 0.819. The maximum atomic E-state index is 13.1. The lowest BCUT2D eigenvalue weighted by molar-refractivity contribution is 0.0199. The van der Waals surface area contributed by atoms with Crippen molar-refractivity contribution in [2.24, 2.45) is 5.92 Å². The Bertz CT molecular complexity index is 743. The molecular weight excluding hydrogens is 335 g/mol. The van der Waals surface area contributed by atoms with E-state index in [1.807, 2.05) is 25.1 Å². The molecule has 2 fully saturated rings. The summed E-state index contributed by atoms with van der Waals surface area (Å²) in [5.41, 5.74) is 1.96. The first-order chi connectivity index (χ1) is 12.7. The molecule has 3 unspecified atom stereocenters. The summed E-state index contributed by atoms with van der Waals surface area (Å²) in [6.07, 6.45) is 4.52. The minimum atomic E-state index is -0.416. The second-order valence-corrected chi connectivity index (χ2v) is 6.99. The average Bonchev–Trinajstić information content (AvgIpc) is 3.05. The highest BCUT2D eigenvalue weighted by Crippen LogP contribution is 2.35. The molecule has 0 radical (unpaired) electrons. The standard InChI is InChI=1S/C19H23FN4O2/c1-13-3-2-4-16(23-13)12-25-11-14-7-17-18(8-14)26-6-5-24(17)19-21-9-15(20)10-22-19/h2-4,9-10,14,17-18H,5-8,11-12H2,1H3. The van der Waals surface area contributed by atoms with Gasteiger partial charge in [0.05, 0.1) is 50.1 Å². The first-order valence-electron chi connectivity index (χ1n) is 9.05. The Morgan fingerprint density at radius 3 is 2.92 bits per heavy atom. The molecule has 0 bridgehead atoms. The predicted molar refractivity (Wildman–Crippen MR) is 94.2 cm³/mol. The lowest BCUT2D eigenvalue weighted by Crippen LogP contribution is -2.49. The second kappa shape index (κ2) is 7.63. The lowest BCUT2D eigenvalue weighted by Gasteiger charge is -2.37. The number of anilines is 1. The van der Waals surface area contributed by atoms with Crippen LogP contribution in [0.25, 0.3) is 0 Å². The number of halogens is 1. The predicted octanol–water partition coefficient (Wildman–Crippen LogP) is 2.52. The maximum Gasteiger partial charge on any atom is 0.225 e. The number of hydrogen-bond donors (Lipinski definition) is 0. The second-order valence-electron chi connectivity index (χ2n) is 6.99. The lowest BCUT2D eigenvalue weighted by atomic mass is 10.1. The Morgan fingerprint density at radius 1 is 1.27 bits per heavy atom. The van der Waals surface area contributed by atoms with Crippen LogP contribution >= 0.6 is 0 Å². The Balaban J connectivity index is 1.34. The van der Waals surface area contributed by atoms with Crippen LogP contribution in [0, 0.1) is 18.7 Å². The summed E-state index contributed by atoms with van der Waals surface area (Å²) in [5, 5.41) is 0. The van der Waals surface area contributed by atoms with Crippen molar-refractivity contribution in [2.45, 2.75) is 38.5 Å². The number of aromatic nitrogens is 3. The molecule has 6 nitrogen and oxygen atoms in total. The Labute approximate surface area is 152 Å². The zero-order chi connectivity index (χ0) is 17.9. The third kappa shape index (κ3) is 3.83. The smallest absolute Gasteiger partial charge is 0.225 e. The fourth-order valence-electron chi connectivity index (χ4n) is 3.90. The molecule has 1 aliphatic heterocycles. The van der Waals surface area contributed by atoms with Crippen LogP contribution < -0.4 is 4.90 Å². The summed E-state index contributed by atoms with van der Waals surface area (Å²) in [7, 11) is 0. The normalized spacial score (nSPS) is 25.3. The van der Waals surface area contributed by atoms with Crippen LogP contribution in [-0.4, -0.2) is 46.9 Å². The Kier molecular flexibility index (Phi) is 5.08. The van der Waals surface area contributed by atoms with Gasteiger partial charge >= 0.3 is 0 Å². The van der Waals surface area contributed by atoms with Gasteiger partial charge in [0.2, 0.25) is 5.95 Å². The molecule has 4 rings (SSSR count). The number of nitrogens with zero attached hydrogens (tertiary/aromatic N) is 4. The highest BCUT2D eigenvalue weighted by molar-refractivity contribution is 5.33. The van der Waals surface area contributed by atoms with E-state index in [0.29, 0.717) is 31.7 Å². The summed E-state index contributed by atoms with van der Waals surface area (Å²) < 4.78 is 25.0. The summed E-state index contributed by atoms with van der Waals surface area (Å²) >= 11 is 0. The summed E-state index contributed by atoms with van der Waals surface area (Å²) in [4.78, 5) is 14.9. The highest BCUT2D eigenvalue weighted by atomic mass is 19.1. The van der Waals surface area contributed by atoms with Gasteiger partial charge in [0.1, 0.15) is 0 Å². The monoisotopic (exact) mass is 358 g/mol. The fraction of sp³-hybridized carbons (Fsp3) is 0.526. The van der Waals surface area contributed by atoms with Gasteiger partial charge in [-0.25, -0.2) is 14.4 Å². The summed E-state index contributed by atoms with van der Waals surface area (Å²) in [5.74, 6) is 0.590. The minimum Gasteiger partial charge on any atom is -0.375 e. The van der Waals surface area contributed by atoms with Gasteiger partial charge in [0.25, 0.3) is 0 Å². The number of ether oxygens (including phenoxy) is 2. The van der Waals surface area contributed by atoms with E-state index in [4.69, 9.17) is 9.47 Å². The number of morpholine rings is 1. The van der Waals surface area contributed by atoms with Gasteiger partial charge in [0.15, 0.2) is 5.82 Å².